The summed E-state index contributed by atoms with van der Waals surface area (Å²) in [5, 5.41) is 8.86. The maximum atomic E-state index is 8.86. The fourth-order valence-corrected chi connectivity index (χ4v) is 2.51. The predicted octanol–water partition coefficient (Wildman–Crippen LogP) is 2.80. The zero-order valence-electron chi connectivity index (χ0n) is 13.1. The Morgan fingerprint density at radius 3 is 2.81 bits per heavy atom. The summed E-state index contributed by atoms with van der Waals surface area (Å²) in [4.78, 5) is 2.58. The second kappa shape index (κ2) is 8.07. The number of aliphatic hydroxyl groups excluding tert-OH is 1. The monoisotopic (exact) mass is 287 g/mol. The quantitative estimate of drug-likeness (QED) is 0.783. The summed E-state index contributed by atoms with van der Waals surface area (Å²) >= 11 is 0. The van der Waals surface area contributed by atoms with Crippen molar-refractivity contribution < 1.29 is 9.84 Å². The first-order valence-corrected chi connectivity index (χ1v) is 7.79. The van der Waals surface area contributed by atoms with Crippen molar-refractivity contribution in [1.82, 2.24) is 4.90 Å². The van der Waals surface area contributed by atoms with Gasteiger partial charge in [0.2, 0.25) is 0 Å². The van der Waals surface area contributed by atoms with E-state index < -0.39 is 0 Å². The molecular formula is C18H25NO2. The van der Waals surface area contributed by atoms with Gasteiger partial charge in [0.25, 0.3) is 0 Å². The van der Waals surface area contributed by atoms with Crippen molar-refractivity contribution in [3.63, 3.8) is 0 Å². The molecule has 0 aromatic heterocycles. The van der Waals surface area contributed by atoms with Crippen molar-refractivity contribution in [3.05, 3.63) is 29.3 Å². The minimum atomic E-state index is -0.127. The van der Waals surface area contributed by atoms with Gasteiger partial charge in [-0.3, -0.25) is 4.90 Å². The molecule has 1 saturated carbocycles. The van der Waals surface area contributed by atoms with Crippen molar-refractivity contribution in [3.8, 4) is 17.6 Å². The first-order valence-electron chi connectivity index (χ1n) is 7.79. The van der Waals surface area contributed by atoms with Crippen molar-refractivity contribution >= 4 is 0 Å². The largest absolute Gasteiger partial charge is 0.495 e. The highest BCUT2D eigenvalue weighted by molar-refractivity contribution is 5.48. The number of nitrogens with zero attached hydrogens (tertiary/aromatic N) is 1. The second-order valence-electron chi connectivity index (χ2n) is 5.55. The molecule has 1 fully saturated rings. The standard InChI is InChI=1S/C18H25NO2/c1-3-4-11-19(17-8-9-17)14-15-7-10-18(21-2)16(13-15)6-5-12-20/h7,10,13,17,20H,3-4,8-9,11-12,14H2,1-2H3. The van der Waals surface area contributed by atoms with E-state index in [2.05, 4.69) is 35.8 Å². The van der Waals surface area contributed by atoms with E-state index >= 15 is 0 Å². The van der Waals surface area contributed by atoms with Gasteiger partial charge in [-0.2, -0.15) is 0 Å². The Labute approximate surface area is 127 Å². The van der Waals surface area contributed by atoms with Gasteiger partial charge >= 0.3 is 0 Å². The molecule has 0 spiro atoms. The number of aliphatic hydroxyl groups is 1. The van der Waals surface area contributed by atoms with Gasteiger partial charge in [0.15, 0.2) is 0 Å². The summed E-state index contributed by atoms with van der Waals surface area (Å²) in [5.74, 6) is 6.44. The van der Waals surface area contributed by atoms with Crippen LogP contribution in [0.25, 0.3) is 0 Å². The fourth-order valence-electron chi connectivity index (χ4n) is 2.51. The van der Waals surface area contributed by atoms with E-state index in [1.165, 1.54) is 37.8 Å². The van der Waals surface area contributed by atoms with Crippen molar-refractivity contribution in [1.29, 1.82) is 0 Å². The summed E-state index contributed by atoms with van der Waals surface area (Å²) in [5.41, 5.74) is 2.12. The van der Waals surface area contributed by atoms with E-state index in [0.29, 0.717) is 0 Å². The highest BCUT2D eigenvalue weighted by Crippen LogP contribution is 2.29. The number of hydrogen-bond donors (Lipinski definition) is 1. The molecule has 1 N–H and O–H groups in total. The molecule has 0 saturated heterocycles. The van der Waals surface area contributed by atoms with E-state index in [-0.39, 0.29) is 6.61 Å². The summed E-state index contributed by atoms with van der Waals surface area (Å²) in [6.45, 7) is 4.26. The van der Waals surface area contributed by atoms with Crippen LogP contribution in [0.5, 0.6) is 5.75 Å². The van der Waals surface area contributed by atoms with Gasteiger partial charge in [-0.05, 0) is 43.5 Å². The molecule has 1 aliphatic carbocycles. The van der Waals surface area contributed by atoms with Gasteiger partial charge in [0, 0.05) is 12.6 Å². The van der Waals surface area contributed by atoms with Crippen molar-refractivity contribution in [2.75, 3.05) is 20.3 Å². The third kappa shape index (κ3) is 4.77. The van der Waals surface area contributed by atoms with Crippen LogP contribution in [0, 0.1) is 11.8 Å². The lowest BCUT2D eigenvalue weighted by Crippen LogP contribution is -2.26. The Bertz CT molecular complexity index is 512. The zero-order valence-corrected chi connectivity index (χ0v) is 13.1. The average molecular weight is 287 g/mol. The number of methoxy groups -OCH3 is 1. The molecular weight excluding hydrogens is 262 g/mol. The third-order valence-corrected chi connectivity index (χ3v) is 3.81. The van der Waals surface area contributed by atoms with Crippen LogP contribution in [0.2, 0.25) is 0 Å². The minimum Gasteiger partial charge on any atom is -0.495 e. The molecule has 0 aliphatic heterocycles. The molecule has 0 amide bonds. The van der Waals surface area contributed by atoms with Gasteiger partial charge in [0.05, 0.1) is 12.7 Å². The topological polar surface area (TPSA) is 32.7 Å². The lowest BCUT2D eigenvalue weighted by atomic mass is 10.1. The molecule has 0 unspecified atom stereocenters. The maximum Gasteiger partial charge on any atom is 0.134 e. The van der Waals surface area contributed by atoms with Crippen LogP contribution < -0.4 is 4.74 Å². The fraction of sp³-hybridized carbons (Fsp3) is 0.556. The van der Waals surface area contributed by atoms with Gasteiger partial charge in [-0.25, -0.2) is 0 Å². The number of ether oxygens (including phenoxy) is 1. The summed E-state index contributed by atoms with van der Waals surface area (Å²) < 4.78 is 5.33. The average Bonchev–Trinajstić information content (AvgIpc) is 3.34. The molecule has 1 aromatic rings. The van der Waals surface area contributed by atoms with Gasteiger partial charge in [0.1, 0.15) is 12.4 Å². The lowest BCUT2D eigenvalue weighted by molar-refractivity contribution is 0.250. The summed E-state index contributed by atoms with van der Waals surface area (Å²) in [6.07, 6.45) is 5.15. The number of hydrogen-bond acceptors (Lipinski definition) is 3. The molecule has 3 nitrogen and oxygen atoms in total. The van der Waals surface area contributed by atoms with E-state index in [1.54, 1.807) is 7.11 Å². The van der Waals surface area contributed by atoms with E-state index in [9.17, 15) is 0 Å². The van der Waals surface area contributed by atoms with Crippen molar-refractivity contribution in [2.45, 2.75) is 45.2 Å². The van der Waals surface area contributed by atoms with Crippen LogP contribution in [0.3, 0.4) is 0 Å². The van der Waals surface area contributed by atoms with Gasteiger partial charge in [-0.1, -0.05) is 31.3 Å². The molecule has 1 aromatic carbocycles. The van der Waals surface area contributed by atoms with E-state index in [4.69, 9.17) is 9.84 Å². The van der Waals surface area contributed by atoms with Crippen LogP contribution in [0.15, 0.2) is 18.2 Å². The molecule has 3 heteroatoms. The third-order valence-electron chi connectivity index (χ3n) is 3.81. The molecule has 1 aliphatic rings. The number of unbranched alkanes of at least 4 members (excludes halogenated alkanes) is 1. The van der Waals surface area contributed by atoms with E-state index in [0.717, 1.165) is 23.9 Å². The Hall–Kier alpha value is -1.50. The minimum absolute atomic E-state index is 0.127. The Morgan fingerprint density at radius 2 is 2.19 bits per heavy atom. The zero-order chi connectivity index (χ0) is 15.1. The number of rotatable bonds is 7. The normalized spacial score (nSPS) is 13.9. The molecule has 0 atom stereocenters. The van der Waals surface area contributed by atoms with Crippen LogP contribution in [0.4, 0.5) is 0 Å². The SMILES string of the molecule is CCCCN(Cc1ccc(OC)c(C#CCO)c1)C1CC1. The summed E-state index contributed by atoms with van der Waals surface area (Å²) in [6, 6.07) is 6.94. The van der Waals surface area contributed by atoms with Crippen molar-refractivity contribution in [2.24, 2.45) is 0 Å². The van der Waals surface area contributed by atoms with Crippen LogP contribution in [-0.2, 0) is 6.54 Å². The molecule has 21 heavy (non-hydrogen) atoms. The Balaban J connectivity index is 2.11. The smallest absolute Gasteiger partial charge is 0.134 e. The first-order chi connectivity index (χ1) is 10.3. The van der Waals surface area contributed by atoms with Crippen LogP contribution in [-0.4, -0.2) is 36.3 Å². The molecule has 0 bridgehead atoms. The molecule has 114 valence electrons. The summed E-state index contributed by atoms with van der Waals surface area (Å²) in [7, 11) is 1.65. The predicted molar refractivity (Wildman–Crippen MR) is 85.3 cm³/mol. The Kier molecular flexibility index (Phi) is 6.10. The maximum absolute atomic E-state index is 8.86. The van der Waals surface area contributed by atoms with Crippen LogP contribution >= 0.6 is 0 Å². The molecule has 0 heterocycles. The molecule has 2 rings (SSSR count). The molecule has 0 radical (unpaired) electrons. The van der Waals surface area contributed by atoms with Gasteiger partial charge < -0.3 is 9.84 Å². The van der Waals surface area contributed by atoms with Gasteiger partial charge in [-0.15, -0.1) is 0 Å². The highest BCUT2D eigenvalue weighted by atomic mass is 16.5. The Morgan fingerprint density at radius 1 is 1.38 bits per heavy atom. The highest BCUT2D eigenvalue weighted by Gasteiger charge is 2.28. The first kappa shape index (κ1) is 15.9. The van der Waals surface area contributed by atoms with Crippen LogP contribution in [0.1, 0.15) is 43.7 Å². The van der Waals surface area contributed by atoms with E-state index in [1.807, 2.05) is 6.07 Å². The number of benzene rings is 1. The lowest BCUT2D eigenvalue weighted by Gasteiger charge is -2.22. The second-order valence-corrected chi connectivity index (χ2v) is 5.55.